The second kappa shape index (κ2) is 7.50. The van der Waals surface area contributed by atoms with Crippen LogP contribution in [0, 0.1) is 0 Å². The highest BCUT2D eigenvalue weighted by molar-refractivity contribution is 5.80. The maximum absolute atomic E-state index is 10.0. The number of nitrogens with zero attached hydrogens (tertiary/aromatic N) is 1. The number of nitrogens with one attached hydrogen (secondary N) is 1. The molecule has 0 aromatic rings. The van der Waals surface area contributed by atoms with Crippen LogP contribution in [0.25, 0.3) is 0 Å². The first kappa shape index (κ1) is 14.3. The van der Waals surface area contributed by atoms with Gasteiger partial charge in [0.1, 0.15) is 5.84 Å². The first-order valence-corrected chi connectivity index (χ1v) is 6.57. The third-order valence-electron chi connectivity index (χ3n) is 3.51. The van der Waals surface area contributed by atoms with E-state index in [4.69, 9.17) is 10.9 Å². The van der Waals surface area contributed by atoms with Crippen molar-refractivity contribution in [3.05, 3.63) is 0 Å². The highest BCUT2D eigenvalue weighted by Crippen LogP contribution is 2.19. The summed E-state index contributed by atoms with van der Waals surface area (Å²) >= 11 is 0. The van der Waals surface area contributed by atoms with Gasteiger partial charge in [-0.3, -0.25) is 0 Å². The van der Waals surface area contributed by atoms with Gasteiger partial charge in [0.2, 0.25) is 0 Å². The third kappa shape index (κ3) is 4.91. The molecule has 0 bridgehead atoms. The summed E-state index contributed by atoms with van der Waals surface area (Å²) in [4.78, 5) is 0. The smallest absolute Gasteiger partial charge is 0.140 e. The van der Waals surface area contributed by atoms with E-state index in [0.29, 0.717) is 6.42 Å². The van der Waals surface area contributed by atoms with Crippen LogP contribution < -0.4 is 11.1 Å². The minimum Gasteiger partial charge on any atom is -0.409 e. The summed E-state index contributed by atoms with van der Waals surface area (Å²) in [5.41, 5.74) is 5.52. The van der Waals surface area contributed by atoms with Gasteiger partial charge in [-0.1, -0.05) is 31.3 Å². The zero-order chi connectivity index (χ0) is 12.7. The van der Waals surface area contributed by atoms with Crippen molar-refractivity contribution < 1.29 is 10.3 Å². The summed E-state index contributed by atoms with van der Waals surface area (Å²) < 4.78 is 0. The number of amidine groups is 1. The summed E-state index contributed by atoms with van der Waals surface area (Å²) in [7, 11) is 0. The van der Waals surface area contributed by atoms with Gasteiger partial charge in [0.25, 0.3) is 0 Å². The number of hydrogen-bond acceptors (Lipinski definition) is 4. The third-order valence-corrected chi connectivity index (χ3v) is 3.51. The Hall–Kier alpha value is -0.810. The van der Waals surface area contributed by atoms with E-state index < -0.39 is 0 Å². The van der Waals surface area contributed by atoms with Crippen LogP contribution in [0.15, 0.2) is 5.16 Å². The van der Waals surface area contributed by atoms with Crippen molar-refractivity contribution >= 4 is 5.84 Å². The molecule has 0 radical (unpaired) electrons. The van der Waals surface area contributed by atoms with E-state index >= 15 is 0 Å². The Morgan fingerprint density at radius 3 is 2.76 bits per heavy atom. The van der Waals surface area contributed by atoms with Gasteiger partial charge in [0.05, 0.1) is 6.10 Å². The zero-order valence-corrected chi connectivity index (χ0v) is 10.6. The first-order valence-electron chi connectivity index (χ1n) is 6.57. The van der Waals surface area contributed by atoms with E-state index in [-0.39, 0.29) is 24.0 Å². The van der Waals surface area contributed by atoms with Crippen LogP contribution in [0.5, 0.6) is 0 Å². The van der Waals surface area contributed by atoms with Crippen LogP contribution in [-0.2, 0) is 0 Å². The van der Waals surface area contributed by atoms with Crippen molar-refractivity contribution in [3.8, 4) is 0 Å². The Bertz CT molecular complexity index is 246. The SMILES string of the molecule is CCC(CC(N)=NO)NC1CCCCCC1O. The molecule has 1 aliphatic carbocycles. The fourth-order valence-corrected chi connectivity index (χ4v) is 2.40. The molecule has 0 aliphatic heterocycles. The fourth-order valence-electron chi connectivity index (χ4n) is 2.40. The quantitative estimate of drug-likeness (QED) is 0.192. The van der Waals surface area contributed by atoms with Crippen molar-refractivity contribution in [3.63, 3.8) is 0 Å². The summed E-state index contributed by atoms with van der Waals surface area (Å²) in [5, 5.41) is 25.0. The maximum atomic E-state index is 10.0. The standard InChI is InChI=1S/C12H25N3O2/c1-2-9(8-12(13)15-17)14-10-6-4-3-5-7-11(10)16/h9-11,14,16-17H,2-8H2,1H3,(H2,13,15). The molecule has 0 heterocycles. The molecule has 0 amide bonds. The molecule has 3 unspecified atom stereocenters. The van der Waals surface area contributed by atoms with Crippen molar-refractivity contribution in [2.24, 2.45) is 10.9 Å². The van der Waals surface area contributed by atoms with E-state index in [0.717, 1.165) is 32.1 Å². The van der Waals surface area contributed by atoms with Crippen LogP contribution in [0.3, 0.4) is 0 Å². The molecule has 5 nitrogen and oxygen atoms in total. The predicted octanol–water partition coefficient (Wildman–Crippen LogP) is 1.18. The molecular weight excluding hydrogens is 218 g/mol. The average molecular weight is 243 g/mol. The Balaban J connectivity index is 2.47. The summed E-state index contributed by atoms with van der Waals surface area (Å²) in [6, 6.07) is 0.317. The lowest BCUT2D eigenvalue weighted by molar-refractivity contribution is 0.113. The predicted molar refractivity (Wildman–Crippen MR) is 68.1 cm³/mol. The van der Waals surface area contributed by atoms with Gasteiger partial charge in [-0.2, -0.15) is 0 Å². The van der Waals surface area contributed by atoms with Gasteiger partial charge < -0.3 is 21.4 Å². The molecule has 1 fully saturated rings. The highest BCUT2D eigenvalue weighted by atomic mass is 16.4. The molecule has 5 N–H and O–H groups in total. The lowest BCUT2D eigenvalue weighted by Crippen LogP contribution is -2.46. The molecule has 1 saturated carbocycles. The Morgan fingerprint density at radius 1 is 1.41 bits per heavy atom. The summed E-state index contributed by atoms with van der Waals surface area (Å²) in [5.74, 6) is 0.243. The van der Waals surface area contributed by atoms with Gasteiger partial charge in [-0.05, 0) is 19.3 Å². The molecule has 1 rings (SSSR count). The number of nitrogens with two attached hydrogens (primary N) is 1. The molecule has 100 valence electrons. The van der Waals surface area contributed by atoms with Crippen LogP contribution >= 0.6 is 0 Å². The van der Waals surface area contributed by atoms with Crippen LogP contribution in [0.4, 0.5) is 0 Å². The van der Waals surface area contributed by atoms with Crippen molar-refractivity contribution in [2.45, 2.75) is 70.1 Å². The normalized spacial score (nSPS) is 28.7. The molecule has 3 atom stereocenters. The summed E-state index contributed by atoms with van der Waals surface area (Å²) in [6.07, 6.45) is 6.51. The lowest BCUT2D eigenvalue weighted by atomic mass is 10.0. The van der Waals surface area contributed by atoms with Crippen LogP contribution in [-0.4, -0.2) is 34.3 Å². The molecule has 1 aliphatic rings. The van der Waals surface area contributed by atoms with Crippen LogP contribution in [0.1, 0.15) is 51.9 Å². The van der Waals surface area contributed by atoms with Gasteiger partial charge in [-0.15, -0.1) is 0 Å². The average Bonchev–Trinajstić information content (AvgIpc) is 2.53. The van der Waals surface area contributed by atoms with Crippen molar-refractivity contribution in [2.75, 3.05) is 0 Å². The lowest BCUT2D eigenvalue weighted by Gasteiger charge is -2.27. The molecule has 5 heteroatoms. The second-order valence-electron chi connectivity index (χ2n) is 4.88. The Labute approximate surface area is 103 Å². The number of rotatable bonds is 5. The topological polar surface area (TPSA) is 90.9 Å². The molecule has 0 aromatic heterocycles. The minimum atomic E-state index is -0.265. The largest absolute Gasteiger partial charge is 0.409 e. The number of oxime groups is 1. The zero-order valence-electron chi connectivity index (χ0n) is 10.6. The second-order valence-corrected chi connectivity index (χ2v) is 4.88. The Morgan fingerprint density at radius 2 is 2.12 bits per heavy atom. The highest BCUT2D eigenvalue weighted by Gasteiger charge is 2.23. The van der Waals surface area contributed by atoms with Crippen LogP contribution in [0.2, 0.25) is 0 Å². The van der Waals surface area contributed by atoms with E-state index in [2.05, 4.69) is 17.4 Å². The number of aliphatic hydroxyl groups is 1. The maximum Gasteiger partial charge on any atom is 0.140 e. The van der Waals surface area contributed by atoms with Crippen molar-refractivity contribution in [1.29, 1.82) is 0 Å². The number of hydrogen-bond donors (Lipinski definition) is 4. The molecule has 0 spiro atoms. The Kier molecular flexibility index (Phi) is 6.29. The van der Waals surface area contributed by atoms with E-state index in [9.17, 15) is 5.11 Å². The monoisotopic (exact) mass is 243 g/mol. The summed E-state index contributed by atoms with van der Waals surface area (Å²) in [6.45, 7) is 2.06. The van der Waals surface area contributed by atoms with Gasteiger partial charge in [0, 0.05) is 18.5 Å². The van der Waals surface area contributed by atoms with Gasteiger partial charge in [0.15, 0.2) is 0 Å². The number of aliphatic hydroxyl groups excluding tert-OH is 1. The molecular formula is C12H25N3O2. The molecule has 0 saturated heterocycles. The fraction of sp³-hybridized carbons (Fsp3) is 0.917. The first-order chi connectivity index (χ1) is 8.17. The van der Waals surface area contributed by atoms with Crippen molar-refractivity contribution in [1.82, 2.24) is 5.32 Å². The van der Waals surface area contributed by atoms with E-state index in [1.807, 2.05) is 0 Å². The molecule has 0 aromatic carbocycles. The van der Waals surface area contributed by atoms with E-state index in [1.165, 1.54) is 6.42 Å². The minimum absolute atomic E-state index is 0.147. The van der Waals surface area contributed by atoms with E-state index in [1.54, 1.807) is 0 Å². The van der Waals surface area contributed by atoms with Gasteiger partial charge in [-0.25, -0.2) is 0 Å². The molecule has 17 heavy (non-hydrogen) atoms. The van der Waals surface area contributed by atoms with Gasteiger partial charge >= 0.3 is 0 Å².